The lowest BCUT2D eigenvalue weighted by Crippen LogP contribution is -1.96. The van der Waals surface area contributed by atoms with Crippen LogP contribution in [0.1, 0.15) is 25.5 Å². The minimum Gasteiger partial charge on any atom is -0.497 e. The molecule has 3 nitrogen and oxygen atoms in total. The van der Waals surface area contributed by atoms with Crippen LogP contribution in [0, 0.1) is 0 Å². The van der Waals surface area contributed by atoms with Crippen LogP contribution >= 0.6 is 0 Å². The summed E-state index contributed by atoms with van der Waals surface area (Å²) < 4.78 is 7.10. The van der Waals surface area contributed by atoms with E-state index in [9.17, 15) is 0 Å². The fourth-order valence-corrected chi connectivity index (χ4v) is 1.75. The molecule has 0 spiro atoms. The van der Waals surface area contributed by atoms with Gasteiger partial charge in [-0.2, -0.15) is 5.10 Å². The van der Waals surface area contributed by atoms with Crippen LogP contribution in [0.3, 0.4) is 0 Å². The Balaban J connectivity index is 2.18. The lowest BCUT2D eigenvalue weighted by Gasteiger charge is -2.04. The second-order valence-corrected chi connectivity index (χ2v) is 4.06. The third-order valence-corrected chi connectivity index (χ3v) is 2.75. The van der Waals surface area contributed by atoms with E-state index in [1.54, 1.807) is 7.11 Å². The molecule has 0 aliphatic heterocycles. The smallest absolute Gasteiger partial charge is 0.121 e. The van der Waals surface area contributed by atoms with Gasteiger partial charge in [0.2, 0.25) is 0 Å². The monoisotopic (exact) mass is 230 g/mol. The van der Waals surface area contributed by atoms with Crippen LogP contribution in [-0.4, -0.2) is 16.9 Å². The number of benzene rings is 1. The van der Waals surface area contributed by atoms with E-state index < -0.39 is 0 Å². The largest absolute Gasteiger partial charge is 0.497 e. The van der Waals surface area contributed by atoms with E-state index in [1.807, 2.05) is 35.1 Å². The molecule has 0 N–H and O–H groups in total. The Bertz CT molecular complexity index is 477. The van der Waals surface area contributed by atoms with Crippen molar-refractivity contribution < 1.29 is 4.74 Å². The molecule has 0 fully saturated rings. The highest BCUT2D eigenvalue weighted by molar-refractivity contribution is 5.38. The lowest BCUT2D eigenvalue weighted by molar-refractivity contribution is 0.414. The predicted octanol–water partition coefficient (Wildman–Crippen LogP) is 3.22. The van der Waals surface area contributed by atoms with Crippen LogP contribution in [0.2, 0.25) is 0 Å². The minimum atomic E-state index is 0.855. The molecular weight excluding hydrogens is 212 g/mol. The summed E-state index contributed by atoms with van der Waals surface area (Å²) in [5.74, 6) is 0.855. The van der Waals surface area contributed by atoms with Crippen molar-refractivity contribution in [3.8, 4) is 11.4 Å². The van der Waals surface area contributed by atoms with Crippen LogP contribution < -0.4 is 4.74 Å². The molecule has 90 valence electrons. The van der Waals surface area contributed by atoms with E-state index >= 15 is 0 Å². The van der Waals surface area contributed by atoms with Crippen molar-refractivity contribution >= 4 is 0 Å². The van der Waals surface area contributed by atoms with Gasteiger partial charge in [0.15, 0.2) is 0 Å². The molecule has 17 heavy (non-hydrogen) atoms. The molecule has 1 aromatic heterocycles. The van der Waals surface area contributed by atoms with E-state index in [2.05, 4.69) is 18.1 Å². The molecule has 0 aliphatic rings. The number of hydrogen-bond acceptors (Lipinski definition) is 2. The van der Waals surface area contributed by atoms with Crippen molar-refractivity contribution in [2.24, 2.45) is 0 Å². The average molecular weight is 230 g/mol. The maximum atomic E-state index is 5.21. The third kappa shape index (κ3) is 2.87. The van der Waals surface area contributed by atoms with Gasteiger partial charge in [0, 0.05) is 12.3 Å². The molecule has 0 unspecified atom stereocenters. The zero-order valence-corrected chi connectivity index (χ0v) is 10.4. The third-order valence-electron chi connectivity index (χ3n) is 2.75. The lowest BCUT2D eigenvalue weighted by atomic mass is 10.2. The summed E-state index contributed by atoms with van der Waals surface area (Å²) in [5, 5.41) is 4.55. The van der Waals surface area contributed by atoms with Crippen molar-refractivity contribution in [2.45, 2.75) is 26.2 Å². The van der Waals surface area contributed by atoms with Crippen molar-refractivity contribution in [1.29, 1.82) is 0 Å². The maximum Gasteiger partial charge on any atom is 0.121 e. The van der Waals surface area contributed by atoms with Gasteiger partial charge in [0.25, 0.3) is 0 Å². The average Bonchev–Trinajstić information content (AvgIpc) is 2.85. The van der Waals surface area contributed by atoms with Crippen LogP contribution in [0.4, 0.5) is 0 Å². The summed E-state index contributed by atoms with van der Waals surface area (Å²) in [6.45, 7) is 2.19. The molecule has 0 atom stereocenters. The second-order valence-electron chi connectivity index (χ2n) is 4.06. The molecule has 3 heteroatoms. The SMILES string of the molecule is CCCCc1ccn(-c2cccc(OC)c2)n1. The topological polar surface area (TPSA) is 27.1 Å². The molecule has 0 saturated heterocycles. The van der Waals surface area contributed by atoms with Gasteiger partial charge in [-0.25, -0.2) is 4.68 Å². The van der Waals surface area contributed by atoms with Gasteiger partial charge in [0.05, 0.1) is 18.5 Å². The Kier molecular flexibility index (Phi) is 3.81. The standard InChI is InChI=1S/C14H18N2O/c1-3-4-6-12-9-10-16(15-12)13-7-5-8-14(11-13)17-2/h5,7-11H,3-4,6H2,1-2H3. The Morgan fingerprint density at radius 3 is 2.94 bits per heavy atom. The molecule has 1 heterocycles. The molecule has 1 aromatic carbocycles. The van der Waals surface area contributed by atoms with Crippen LogP contribution in [0.15, 0.2) is 36.5 Å². The zero-order valence-electron chi connectivity index (χ0n) is 10.4. The van der Waals surface area contributed by atoms with Crippen molar-refractivity contribution in [1.82, 2.24) is 9.78 Å². The molecule has 0 bridgehead atoms. The molecule has 0 amide bonds. The zero-order chi connectivity index (χ0) is 12.1. The van der Waals surface area contributed by atoms with Crippen molar-refractivity contribution in [3.63, 3.8) is 0 Å². The first-order valence-electron chi connectivity index (χ1n) is 6.02. The van der Waals surface area contributed by atoms with Gasteiger partial charge in [-0.3, -0.25) is 0 Å². The number of rotatable bonds is 5. The fourth-order valence-electron chi connectivity index (χ4n) is 1.75. The number of methoxy groups -OCH3 is 1. The summed E-state index contributed by atoms with van der Waals surface area (Å²) in [6.07, 6.45) is 5.44. The minimum absolute atomic E-state index is 0.855. The Hall–Kier alpha value is -1.77. The molecule has 0 aliphatic carbocycles. The Labute approximate surface area is 102 Å². The van der Waals surface area contributed by atoms with E-state index in [1.165, 1.54) is 12.8 Å². The number of ether oxygens (including phenoxy) is 1. The first-order chi connectivity index (χ1) is 8.33. The molecule has 2 aromatic rings. The highest BCUT2D eigenvalue weighted by atomic mass is 16.5. The van der Waals surface area contributed by atoms with Gasteiger partial charge >= 0.3 is 0 Å². The van der Waals surface area contributed by atoms with Crippen LogP contribution in [0.25, 0.3) is 5.69 Å². The highest BCUT2D eigenvalue weighted by Gasteiger charge is 2.02. The summed E-state index contributed by atoms with van der Waals surface area (Å²) in [5.41, 5.74) is 2.18. The van der Waals surface area contributed by atoms with Gasteiger partial charge in [-0.05, 0) is 31.0 Å². The van der Waals surface area contributed by atoms with Gasteiger partial charge in [-0.15, -0.1) is 0 Å². The van der Waals surface area contributed by atoms with Crippen molar-refractivity contribution in [2.75, 3.05) is 7.11 Å². The first kappa shape index (κ1) is 11.7. The Morgan fingerprint density at radius 2 is 2.18 bits per heavy atom. The van der Waals surface area contributed by atoms with Crippen LogP contribution in [-0.2, 0) is 6.42 Å². The van der Waals surface area contributed by atoms with Gasteiger partial charge < -0.3 is 4.74 Å². The van der Waals surface area contributed by atoms with E-state index in [-0.39, 0.29) is 0 Å². The molecular formula is C14H18N2O. The molecule has 0 radical (unpaired) electrons. The van der Waals surface area contributed by atoms with E-state index in [4.69, 9.17) is 4.74 Å². The normalized spacial score (nSPS) is 10.5. The Morgan fingerprint density at radius 1 is 1.29 bits per heavy atom. The van der Waals surface area contributed by atoms with E-state index in [0.29, 0.717) is 0 Å². The highest BCUT2D eigenvalue weighted by Crippen LogP contribution is 2.16. The maximum absolute atomic E-state index is 5.21. The summed E-state index contributed by atoms with van der Waals surface area (Å²) in [4.78, 5) is 0. The molecule has 2 rings (SSSR count). The fraction of sp³-hybridized carbons (Fsp3) is 0.357. The second kappa shape index (κ2) is 5.53. The summed E-state index contributed by atoms with van der Waals surface area (Å²) >= 11 is 0. The first-order valence-corrected chi connectivity index (χ1v) is 6.02. The van der Waals surface area contributed by atoms with E-state index in [0.717, 1.165) is 23.6 Å². The number of hydrogen-bond donors (Lipinski definition) is 0. The number of nitrogens with zero attached hydrogens (tertiary/aromatic N) is 2. The van der Waals surface area contributed by atoms with Crippen molar-refractivity contribution in [3.05, 3.63) is 42.2 Å². The quantitative estimate of drug-likeness (QED) is 0.788. The number of aromatic nitrogens is 2. The number of aryl methyl sites for hydroxylation is 1. The number of unbranched alkanes of at least 4 members (excludes halogenated alkanes) is 1. The van der Waals surface area contributed by atoms with Crippen LogP contribution in [0.5, 0.6) is 5.75 Å². The van der Waals surface area contributed by atoms with Gasteiger partial charge in [0.1, 0.15) is 5.75 Å². The summed E-state index contributed by atoms with van der Waals surface area (Å²) in [6, 6.07) is 10.00. The molecule has 0 saturated carbocycles. The summed E-state index contributed by atoms with van der Waals surface area (Å²) in [7, 11) is 1.68. The van der Waals surface area contributed by atoms with Gasteiger partial charge in [-0.1, -0.05) is 19.4 Å². The predicted molar refractivity (Wildman–Crippen MR) is 68.7 cm³/mol.